The fraction of sp³-hybridized carbons (Fsp3) is 0.640. The Morgan fingerprint density at radius 2 is 1.90 bits per heavy atom. The molecule has 4 heteroatoms. The molecular formula is C25H41BN2O. The first kappa shape index (κ1) is 23.7. The summed E-state index contributed by atoms with van der Waals surface area (Å²) in [7, 11) is 2.31. The number of nitrogens with zero attached hydrogens (tertiary/aromatic N) is 1. The SMILES string of the molecule is BC1(CC)C(C)CN(C(=O)/C(=C/c2ccccc2C)C(C)C(C)C)CC1(N)CC. The predicted molar refractivity (Wildman–Crippen MR) is 128 cm³/mol. The van der Waals surface area contributed by atoms with Gasteiger partial charge in [-0.25, -0.2) is 0 Å². The number of aryl methyl sites for hydroxylation is 1. The molecule has 0 bridgehead atoms. The third-order valence-electron chi connectivity index (χ3n) is 8.08. The molecule has 4 atom stereocenters. The lowest BCUT2D eigenvalue weighted by Gasteiger charge is -2.57. The number of likely N-dealkylation sites (tertiary alicyclic amines) is 1. The molecule has 0 radical (unpaired) electrons. The van der Waals surface area contributed by atoms with Gasteiger partial charge >= 0.3 is 0 Å². The van der Waals surface area contributed by atoms with E-state index < -0.39 is 0 Å². The molecule has 1 saturated heterocycles. The largest absolute Gasteiger partial charge is 0.337 e. The Morgan fingerprint density at radius 1 is 1.28 bits per heavy atom. The molecule has 1 fully saturated rings. The minimum atomic E-state index is -0.357. The highest BCUT2D eigenvalue weighted by Gasteiger charge is 2.51. The second-order valence-electron chi connectivity index (χ2n) is 9.86. The molecule has 3 nitrogen and oxygen atoms in total. The highest BCUT2D eigenvalue weighted by atomic mass is 16.2. The van der Waals surface area contributed by atoms with Gasteiger partial charge in [-0.1, -0.05) is 72.2 Å². The first-order valence-corrected chi connectivity index (χ1v) is 11.4. The Balaban J connectivity index is 2.45. The van der Waals surface area contributed by atoms with E-state index in [0.29, 0.717) is 18.4 Å². The summed E-state index contributed by atoms with van der Waals surface area (Å²) in [6, 6.07) is 8.29. The van der Waals surface area contributed by atoms with Crippen LogP contribution >= 0.6 is 0 Å². The summed E-state index contributed by atoms with van der Waals surface area (Å²) >= 11 is 0. The molecule has 1 heterocycles. The summed E-state index contributed by atoms with van der Waals surface area (Å²) < 4.78 is 0. The molecule has 0 saturated carbocycles. The lowest BCUT2D eigenvalue weighted by molar-refractivity contribution is -0.132. The summed E-state index contributed by atoms with van der Waals surface area (Å²) in [6.07, 6.45) is 4.03. The van der Waals surface area contributed by atoms with Crippen LogP contribution in [-0.4, -0.2) is 37.3 Å². The van der Waals surface area contributed by atoms with E-state index in [4.69, 9.17) is 5.73 Å². The Hall–Kier alpha value is -1.55. The molecule has 1 amide bonds. The van der Waals surface area contributed by atoms with Gasteiger partial charge in [-0.05, 0) is 53.6 Å². The van der Waals surface area contributed by atoms with E-state index in [1.807, 2.05) is 17.0 Å². The fourth-order valence-corrected chi connectivity index (χ4v) is 4.83. The third kappa shape index (κ3) is 4.48. The van der Waals surface area contributed by atoms with Crippen LogP contribution in [0, 0.1) is 24.7 Å². The summed E-state index contributed by atoms with van der Waals surface area (Å²) in [5, 5.41) is 0.0437. The van der Waals surface area contributed by atoms with Crippen molar-refractivity contribution in [1.82, 2.24) is 4.90 Å². The Morgan fingerprint density at radius 3 is 2.41 bits per heavy atom. The van der Waals surface area contributed by atoms with Crippen LogP contribution in [0.2, 0.25) is 5.31 Å². The molecule has 1 aliphatic heterocycles. The second-order valence-corrected chi connectivity index (χ2v) is 9.86. The molecule has 1 aliphatic rings. The van der Waals surface area contributed by atoms with Crippen LogP contribution < -0.4 is 5.73 Å². The van der Waals surface area contributed by atoms with E-state index in [1.54, 1.807) is 0 Å². The minimum absolute atomic E-state index is 0.0437. The standard InChI is InChI=1S/C25H41BN2O/c1-8-24(27)16-28(15-19(6)25(24,26)9-2)23(29)22(20(7)17(3)4)14-21-13-11-10-12-18(21)5/h10-14,17,19-20H,8-9,15-16,26-27H2,1-7H3/b22-14+. The smallest absolute Gasteiger partial charge is 0.250 e. The highest BCUT2D eigenvalue weighted by molar-refractivity contribution is 6.16. The van der Waals surface area contributed by atoms with Gasteiger partial charge in [0, 0.05) is 24.2 Å². The number of nitrogens with two attached hydrogens (primary N) is 1. The van der Waals surface area contributed by atoms with Gasteiger partial charge in [-0.15, -0.1) is 0 Å². The molecule has 0 aromatic heterocycles. The van der Waals surface area contributed by atoms with E-state index in [2.05, 4.69) is 74.5 Å². The van der Waals surface area contributed by atoms with Crippen molar-refractivity contribution in [1.29, 1.82) is 0 Å². The maximum Gasteiger partial charge on any atom is 0.250 e. The lowest BCUT2D eigenvalue weighted by atomic mass is 9.47. The van der Waals surface area contributed by atoms with Crippen LogP contribution in [0.4, 0.5) is 0 Å². The molecule has 0 aliphatic carbocycles. The number of hydrogen-bond acceptors (Lipinski definition) is 2. The lowest BCUT2D eigenvalue weighted by Crippen LogP contribution is -2.66. The topological polar surface area (TPSA) is 46.3 Å². The van der Waals surface area contributed by atoms with Crippen LogP contribution in [0.5, 0.6) is 0 Å². The maximum atomic E-state index is 13.8. The van der Waals surface area contributed by atoms with Crippen LogP contribution in [0.1, 0.15) is 65.5 Å². The summed E-state index contributed by atoms with van der Waals surface area (Å²) in [5.74, 6) is 1.10. The molecule has 4 unspecified atom stereocenters. The van der Waals surface area contributed by atoms with Crippen LogP contribution in [0.15, 0.2) is 29.8 Å². The number of carbonyl (C=O) groups is 1. The predicted octanol–water partition coefficient (Wildman–Crippen LogP) is 4.46. The first-order chi connectivity index (χ1) is 13.5. The van der Waals surface area contributed by atoms with Crippen LogP contribution in [0.3, 0.4) is 0 Å². The van der Waals surface area contributed by atoms with Gasteiger partial charge in [0.2, 0.25) is 5.91 Å². The normalized spacial score (nSPS) is 29.2. The van der Waals surface area contributed by atoms with Crippen molar-refractivity contribution in [2.24, 2.45) is 23.5 Å². The number of rotatable bonds is 6. The maximum absolute atomic E-state index is 13.8. The van der Waals surface area contributed by atoms with E-state index in [0.717, 1.165) is 30.5 Å². The van der Waals surface area contributed by atoms with Crippen molar-refractivity contribution in [3.8, 4) is 0 Å². The summed E-state index contributed by atoms with van der Waals surface area (Å²) in [5.41, 5.74) is 9.83. The van der Waals surface area contributed by atoms with E-state index >= 15 is 0 Å². The molecule has 2 rings (SSSR count). The Kier molecular flexibility index (Phi) is 7.43. The van der Waals surface area contributed by atoms with E-state index in [-0.39, 0.29) is 22.7 Å². The molecule has 2 N–H and O–H groups in total. The molecule has 0 spiro atoms. The van der Waals surface area contributed by atoms with E-state index in [1.165, 1.54) is 5.56 Å². The van der Waals surface area contributed by atoms with Crippen molar-refractivity contribution in [2.45, 2.75) is 72.2 Å². The molecule has 1 aromatic rings. The van der Waals surface area contributed by atoms with Crippen molar-refractivity contribution in [3.63, 3.8) is 0 Å². The average Bonchev–Trinajstić information content (AvgIpc) is 2.69. The number of amides is 1. The number of hydrogen-bond donors (Lipinski definition) is 1. The second kappa shape index (κ2) is 9.08. The molecule has 29 heavy (non-hydrogen) atoms. The zero-order chi connectivity index (χ0) is 22.0. The van der Waals surface area contributed by atoms with E-state index in [9.17, 15) is 4.79 Å². The van der Waals surface area contributed by atoms with Gasteiger partial charge in [0.05, 0.1) is 0 Å². The quantitative estimate of drug-likeness (QED) is 0.570. The van der Waals surface area contributed by atoms with Gasteiger partial charge in [0.25, 0.3) is 0 Å². The van der Waals surface area contributed by atoms with Gasteiger partial charge in [0.1, 0.15) is 7.85 Å². The number of benzene rings is 1. The van der Waals surface area contributed by atoms with Gasteiger partial charge in [-0.3, -0.25) is 4.79 Å². The fourth-order valence-electron chi connectivity index (χ4n) is 4.83. The van der Waals surface area contributed by atoms with Crippen LogP contribution in [-0.2, 0) is 4.79 Å². The molecular weight excluding hydrogens is 355 g/mol. The first-order valence-electron chi connectivity index (χ1n) is 11.4. The van der Waals surface area contributed by atoms with Crippen molar-refractivity contribution in [2.75, 3.05) is 13.1 Å². The Labute approximate surface area is 179 Å². The molecule has 1 aromatic carbocycles. The highest BCUT2D eigenvalue weighted by Crippen LogP contribution is 2.50. The minimum Gasteiger partial charge on any atom is -0.337 e. The number of piperidine rings is 1. The summed E-state index contributed by atoms with van der Waals surface area (Å²) in [6.45, 7) is 16.7. The average molecular weight is 396 g/mol. The zero-order valence-electron chi connectivity index (χ0n) is 19.9. The van der Waals surface area contributed by atoms with Crippen molar-refractivity contribution >= 4 is 19.8 Å². The van der Waals surface area contributed by atoms with Crippen molar-refractivity contribution in [3.05, 3.63) is 41.0 Å². The zero-order valence-corrected chi connectivity index (χ0v) is 19.9. The van der Waals surface area contributed by atoms with Crippen LogP contribution in [0.25, 0.3) is 6.08 Å². The monoisotopic (exact) mass is 396 g/mol. The van der Waals surface area contributed by atoms with Gasteiger partial charge < -0.3 is 10.6 Å². The third-order valence-corrected chi connectivity index (χ3v) is 8.08. The molecule has 160 valence electrons. The Bertz CT molecular complexity index is 759. The van der Waals surface area contributed by atoms with Gasteiger partial charge in [0.15, 0.2) is 0 Å². The number of carbonyl (C=O) groups excluding carboxylic acids is 1. The summed E-state index contributed by atoms with van der Waals surface area (Å²) in [4.78, 5) is 15.8. The van der Waals surface area contributed by atoms with Crippen molar-refractivity contribution < 1.29 is 4.79 Å². The van der Waals surface area contributed by atoms with Gasteiger partial charge in [-0.2, -0.15) is 0 Å².